The quantitative estimate of drug-likeness (QED) is 0.681. The van der Waals surface area contributed by atoms with Crippen LogP contribution in [0.15, 0.2) is 18.7 Å². The second-order valence-corrected chi connectivity index (χ2v) is 6.04. The highest BCUT2D eigenvalue weighted by molar-refractivity contribution is 6.31. The molecule has 2 heteroatoms. The van der Waals surface area contributed by atoms with E-state index in [1.54, 1.807) is 0 Å². The molecule has 112 valence electrons. The molecule has 0 heterocycles. The van der Waals surface area contributed by atoms with E-state index >= 15 is 0 Å². The van der Waals surface area contributed by atoms with Gasteiger partial charge in [-0.15, -0.1) is 0 Å². The summed E-state index contributed by atoms with van der Waals surface area (Å²) in [5.41, 5.74) is 3.91. The molecule has 0 aromatic heterocycles. The summed E-state index contributed by atoms with van der Waals surface area (Å²) in [4.78, 5) is 0. The zero-order chi connectivity index (χ0) is 15.2. The normalized spacial score (nSPS) is 14.1. The van der Waals surface area contributed by atoms with Gasteiger partial charge in [0.15, 0.2) is 0 Å². The minimum Gasteiger partial charge on any atom is -0.320 e. The summed E-state index contributed by atoms with van der Waals surface area (Å²) in [7, 11) is 2.02. The summed E-state index contributed by atoms with van der Waals surface area (Å²) in [6.07, 6.45) is 6.47. The first-order valence-corrected chi connectivity index (χ1v) is 8.00. The summed E-state index contributed by atoms with van der Waals surface area (Å²) in [6, 6.07) is 4.25. The van der Waals surface area contributed by atoms with E-state index in [9.17, 15) is 0 Å². The lowest BCUT2D eigenvalue weighted by Gasteiger charge is -2.36. The van der Waals surface area contributed by atoms with Crippen LogP contribution >= 0.6 is 11.6 Å². The number of benzene rings is 1. The molecule has 0 amide bonds. The van der Waals surface area contributed by atoms with Crippen molar-refractivity contribution < 1.29 is 0 Å². The summed E-state index contributed by atoms with van der Waals surface area (Å²) in [5.74, 6) is 0. The highest BCUT2D eigenvalue weighted by Crippen LogP contribution is 2.42. The highest BCUT2D eigenvalue weighted by atomic mass is 35.5. The van der Waals surface area contributed by atoms with Gasteiger partial charge in [0.2, 0.25) is 0 Å². The summed E-state index contributed by atoms with van der Waals surface area (Å²) in [6.45, 7) is 11.6. The van der Waals surface area contributed by atoms with Gasteiger partial charge in [-0.2, -0.15) is 0 Å². The van der Waals surface area contributed by atoms with Gasteiger partial charge < -0.3 is 5.32 Å². The van der Waals surface area contributed by atoms with E-state index in [-0.39, 0.29) is 5.41 Å². The van der Waals surface area contributed by atoms with Crippen molar-refractivity contribution >= 4 is 17.7 Å². The van der Waals surface area contributed by atoms with Crippen molar-refractivity contribution in [1.29, 1.82) is 0 Å². The lowest BCUT2D eigenvalue weighted by Crippen LogP contribution is -2.31. The Bertz CT molecular complexity index is 430. The van der Waals surface area contributed by atoms with E-state index in [1.807, 2.05) is 13.1 Å². The van der Waals surface area contributed by atoms with Crippen LogP contribution in [0.5, 0.6) is 0 Å². The third kappa shape index (κ3) is 3.65. The molecule has 0 saturated heterocycles. The smallest absolute Gasteiger partial charge is 0.0452 e. The average molecular weight is 294 g/mol. The Kier molecular flexibility index (Phi) is 6.78. The zero-order valence-electron chi connectivity index (χ0n) is 13.4. The Morgan fingerprint density at radius 3 is 2.45 bits per heavy atom. The van der Waals surface area contributed by atoms with E-state index in [4.69, 9.17) is 11.6 Å². The molecular formula is C18H28ClN. The Morgan fingerprint density at radius 1 is 1.30 bits per heavy atom. The first-order chi connectivity index (χ1) is 9.54. The van der Waals surface area contributed by atoms with Gasteiger partial charge in [0.05, 0.1) is 0 Å². The molecule has 1 atom stereocenters. The van der Waals surface area contributed by atoms with Gasteiger partial charge in [-0.1, -0.05) is 50.6 Å². The fraction of sp³-hybridized carbons (Fsp3) is 0.556. The average Bonchev–Trinajstić information content (AvgIpc) is 2.43. The summed E-state index contributed by atoms with van der Waals surface area (Å²) >= 11 is 6.62. The standard InChI is InChI=1S/C18H28ClN/c1-6-9-18(8-3,10-11-20-5)17-14(4)12-15(7-2)13-16(17)19/h7,12-13,20H,2,6,8-11H2,1,3-5H3. The van der Waals surface area contributed by atoms with Crippen molar-refractivity contribution in [2.75, 3.05) is 13.6 Å². The number of aryl methyl sites for hydroxylation is 1. The van der Waals surface area contributed by atoms with Crippen LogP contribution in [0.1, 0.15) is 56.2 Å². The molecular weight excluding hydrogens is 266 g/mol. The predicted molar refractivity (Wildman–Crippen MR) is 91.7 cm³/mol. The molecule has 0 bridgehead atoms. The Hall–Kier alpha value is -0.790. The van der Waals surface area contributed by atoms with Crippen LogP contribution in [-0.4, -0.2) is 13.6 Å². The first kappa shape index (κ1) is 17.3. The van der Waals surface area contributed by atoms with E-state index in [0.717, 1.165) is 30.0 Å². The first-order valence-electron chi connectivity index (χ1n) is 7.62. The molecule has 20 heavy (non-hydrogen) atoms. The van der Waals surface area contributed by atoms with Gasteiger partial charge in [-0.3, -0.25) is 0 Å². The molecule has 0 aliphatic rings. The number of halogens is 1. The molecule has 1 N–H and O–H groups in total. The summed E-state index contributed by atoms with van der Waals surface area (Å²) < 4.78 is 0. The molecule has 0 spiro atoms. The van der Waals surface area contributed by atoms with E-state index in [0.29, 0.717) is 0 Å². The SMILES string of the molecule is C=Cc1cc(C)c(C(CC)(CCC)CCNC)c(Cl)c1. The van der Waals surface area contributed by atoms with Crippen LogP contribution < -0.4 is 5.32 Å². The monoisotopic (exact) mass is 293 g/mol. The van der Waals surface area contributed by atoms with Crippen molar-refractivity contribution in [3.05, 3.63) is 40.4 Å². The van der Waals surface area contributed by atoms with Gasteiger partial charge >= 0.3 is 0 Å². The van der Waals surface area contributed by atoms with Crippen molar-refractivity contribution in [3.8, 4) is 0 Å². The lowest BCUT2D eigenvalue weighted by molar-refractivity contribution is 0.342. The molecule has 0 radical (unpaired) electrons. The van der Waals surface area contributed by atoms with Gasteiger partial charge in [-0.05, 0) is 68.0 Å². The van der Waals surface area contributed by atoms with Crippen LogP contribution in [0.3, 0.4) is 0 Å². The fourth-order valence-corrected chi connectivity index (χ4v) is 3.78. The van der Waals surface area contributed by atoms with E-state index in [2.05, 4.69) is 44.8 Å². The molecule has 0 fully saturated rings. The fourth-order valence-electron chi connectivity index (χ4n) is 3.31. The third-order valence-corrected chi connectivity index (χ3v) is 4.63. The molecule has 0 aliphatic heterocycles. The topological polar surface area (TPSA) is 12.0 Å². The van der Waals surface area contributed by atoms with Crippen LogP contribution in [0.4, 0.5) is 0 Å². The van der Waals surface area contributed by atoms with Crippen molar-refractivity contribution in [1.82, 2.24) is 5.32 Å². The van der Waals surface area contributed by atoms with Crippen molar-refractivity contribution in [2.24, 2.45) is 0 Å². The van der Waals surface area contributed by atoms with Crippen LogP contribution in [-0.2, 0) is 5.41 Å². The van der Waals surface area contributed by atoms with Crippen LogP contribution in [0.25, 0.3) is 6.08 Å². The molecule has 1 nitrogen and oxygen atoms in total. The molecule has 0 saturated carbocycles. The number of hydrogen-bond acceptors (Lipinski definition) is 1. The van der Waals surface area contributed by atoms with Gasteiger partial charge in [-0.25, -0.2) is 0 Å². The minimum atomic E-state index is 0.179. The Morgan fingerprint density at radius 2 is 2.00 bits per heavy atom. The lowest BCUT2D eigenvalue weighted by atomic mass is 9.70. The van der Waals surface area contributed by atoms with Crippen LogP contribution in [0.2, 0.25) is 5.02 Å². The van der Waals surface area contributed by atoms with E-state index in [1.165, 1.54) is 24.0 Å². The minimum absolute atomic E-state index is 0.179. The molecule has 1 aromatic rings. The van der Waals surface area contributed by atoms with Crippen molar-refractivity contribution in [2.45, 2.75) is 51.9 Å². The maximum absolute atomic E-state index is 6.62. The third-order valence-electron chi connectivity index (χ3n) is 4.33. The van der Waals surface area contributed by atoms with Gasteiger partial charge in [0, 0.05) is 5.02 Å². The maximum Gasteiger partial charge on any atom is 0.0452 e. The van der Waals surface area contributed by atoms with E-state index < -0.39 is 0 Å². The molecule has 1 rings (SSSR count). The predicted octanol–water partition coefficient (Wildman–Crippen LogP) is 5.35. The molecule has 1 unspecified atom stereocenters. The zero-order valence-corrected chi connectivity index (χ0v) is 14.1. The Labute approximate surface area is 129 Å². The highest BCUT2D eigenvalue weighted by Gasteiger charge is 2.32. The number of rotatable bonds is 8. The second-order valence-electron chi connectivity index (χ2n) is 5.64. The molecule has 1 aromatic carbocycles. The molecule has 0 aliphatic carbocycles. The number of hydrogen-bond donors (Lipinski definition) is 1. The second kappa shape index (κ2) is 7.85. The largest absolute Gasteiger partial charge is 0.320 e. The Balaban J connectivity index is 3.35. The summed E-state index contributed by atoms with van der Waals surface area (Å²) in [5, 5.41) is 4.18. The van der Waals surface area contributed by atoms with Gasteiger partial charge in [0.25, 0.3) is 0 Å². The number of nitrogens with one attached hydrogen (secondary N) is 1. The van der Waals surface area contributed by atoms with Crippen LogP contribution in [0, 0.1) is 6.92 Å². The van der Waals surface area contributed by atoms with Gasteiger partial charge in [0.1, 0.15) is 0 Å². The van der Waals surface area contributed by atoms with Crippen molar-refractivity contribution in [3.63, 3.8) is 0 Å². The maximum atomic E-state index is 6.62.